The van der Waals surface area contributed by atoms with Crippen molar-refractivity contribution in [2.24, 2.45) is 5.41 Å². The van der Waals surface area contributed by atoms with Crippen LogP contribution in [-0.4, -0.2) is 30.9 Å². The minimum absolute atomic E-state index is 0.0247. The summed E-state index contributed by atoms with van der Waals surface area (Å²) in [5, 5.41) is 8.69. The minimum Gasteiger partial charge on any atom is -0.480 e. The SMILES string of the molecule is O=C(O)COCCC12CCC(c3cc(F)cc(Oc4ccccc4)c3)(CC1)OC2. The number of halogens is 1. The van der Waals surface area contributed by atoms with Crippen LogP contribution in [0, 0.1) is 11.2 Å². The summed E-state index contributed by atoms with van der Waals surface area (Å²) in [6.45, 7) is 0.723. The molecule has 2 bridgehead atoms. The number of ether oxygens (including phenoxy) is 3. The summed E-state index contributed by atoms with van der Waals surface area (Å²) in [6.07, 6.45) is 4.30. The minimum atomic E-state index is -0.954. The Labute approximate surface area is 169 Å². The summed E-state index contributed by atoms with van der Waals surface area (Å²) in [5.41, 5.74) is 0.358. The van der Waals surface area contributed by atoms with Crippen molar-refractivity contribution >= 4 is 5.97 Å². The molecule has 5 rings (SSSR count). The van der Waals surface area contributed by atoms with E-state index in [1.165, 1.54) is 6.07 Å². The van der Waals surface area contributed by atoms with E-state index in [2.05, 4.69) is 0 Å². The monoisotopic (exact) mass is 400 g/mol. The first-order chi connectivity index (χ1) is 14.0. The van der Waals surface area contributed by atoms with Crippen molar-refractivity contribution in [3.05, 3.63) is 59.9 Å². The molecule has 6 heteroatoms. The highest BCUT2D eigenvalue weighted by atomic mass is 19.1. The molecular weight excluding hydrogens is 375 g/mol. The topological polar surface area (TPSA) is 65.0 Å². The predicted octanol–water partition coefficient (Wildman–Crippen LogP) is 4.90. The number of hydrogen-bond donors (Lipinski definition) is 1. The number of carboxylic acid groups (broad SMARTS) is 1. The van der Waals surface area contributed by atoms with Crippen LogP contribution in [-0.2, 0) is 19.9 Å². The van der Waals surface area contributed by atoms with Crippen molar-refractivity contribution in [1.29, 1.82) is 0 Å². The molecule has 154 valence electrons. The van der Waals surface area contributed by atoms with E-state index in [1.54, 1.807) is 6.07 Å². The number of benzene rings is 2. The van der Waals surface area contributed by atoms with Gasteiger partial charge in [-0.2, -0.15) is 0 Å². The van der Waals surface area contributed by atoms with Gasteiger partial charge in [0.1, 0.15) is 23.9 Å². The lowest BCUT2D eigenvalue weighted by Gasteiger charge is -2.53. The zero-order valence-electron chi connectivity index (χ0n) is 16.2. The third-order valence-electron chi connectivity index (χ3n) is 6.15. The van der Waals surface area contributed by atoms with Gasteiger partial charge >= 0.3 is 5.97 Å². The van der Waals surface area contributed by atoms with E-state index in [9.17, 15) is 9.18 Å². The molecule has 5 nitrogen and oxygen atoms in total. The van der Waals surface area contributed by atoms with Crippen molar-refractivity contribution in [3.63, 3.8) is 0 Å². The maximum Gasteiger partial charge on any atom is 0.329 e. The second-order valence-corrected chi connectivity index (χ2v) is 8.07. The van der Waals surface area contributed by atoms with Gasteiger partial charge in [0.05, 0.1) is 12.2 Å². The molecule has 2 aromatic rings. The smallest absolute Gasteiger partial charge is 0.329 e. The van der Waals surface area contributed by atoms with Crippen LogP contribution in [0.3, 0.4) is 0 Å². The van der Waals surface area contributed by atoms with Gasteiger partial charge in [-0.3, -0.25) is 0 Å². The number of aliphatic carboxylic acids is 1. The van der Waals surface area contributed by atoms with Crippen LogP contribution in [0.1, 0.15) is 37.7 Å². The Kier molecular flexibility index (Phi) is 5.56. The van der Waals surface area contributed by atoms with Gasteiger partial charge in [-0.15, -0.1) is 0 Å². The van der Waals surface area contributed by atoms with Crippen molar-refractivity contribution in [1.82, 2.24) is 0 Å². The van der Waals surface area contributed by atoms with Gasteiger partial charge in [-0.1, -0.05) is 18.2 Å². The molecule has 0 radical (unpaired) electrons. The molecule has 2 saturated heterocycles. The molecule has 0 aromatic heterocycles. The number of carbonyl (C=O) groups is 1. The molecule has 29 heavy (non-hydrogen) atoms. The lowest BCUT2D eigenvalue weighted by atomic mass is 9.63. The molecule has 1 N–H and O–H groups in total. The summed E-state index contributed by atoms with van der Waals surface area (Å²) in [6, 6.07) is 14.1. The Hall–Kier alpha value is -2.44. The third-order valence-corrected chi connectivity index (χ3v) is 6.15. The maximum atomic E-state index is 14.4. The molecule has 0 spiro atoms. The van der Waals surface area contributed by atoms with Gasteiger partial charge in [-0.25, -0.2) is 9.18 Å². The lowest BCUT2D eigenvalue weighted by molar-refractivity contribution is -0.194. The highest BCUT2D eigenvalue weighted by Gasteiger charge is 2.50. The Morgan fingerprint density at radius 1 is 1.07 bits per heavy atom. The van der Waals surface area contributed by atoms with Gasteiger partial charge < -0.3 is 19.3 Å². The molecule has 0 unspecified atom stereocenters. The van der Waals surface area contributed by atoms with Crippen LogP contribution in [0.15, 0.2) is 48.5 Å². The van der Waals surface area contributed by atoms with Crippen molar-refractivity contribution in [3.8, 4) is 11.5 Å². The second kappa shape index (κ2) is 8.13. The lowest BCUT2D eigenvalue weighted by Crippen LogP contribution is -2.49. The summed E-state index contributed by atoms with van der Waals surface area (Å²) in [7, 11) is 0. The quantitative estimate of drug-likeness (QED) is 0.639. The molecule has 0 amide bonds. The van der Waals surface area contributed by atoms with E-state index in [0.717, 1.165) is 37.7 Å². The van der Waals surface area contributed by atoms with Gasteiger partial charge in [0.2, 0.25) is 0 Å². The van der Waals surface area contributed by atoms with E-state index in [1.807, 2.05) is 36.4 Å². The van der Waals surface area contributed by atoms with Gasteiger partial charge in [0, 0.05) is 12.7 Å². The summed E-state index contributed by atoms with van der Waals surface area (Å²) < 4.78 is 31.7. The maximum absolute atomic E-state index is 14.4. The third kappa shape index (κ3) is 4.43. The fourth-order valence-corrected chi connectivity index (χ4v) is 4.42. The van der Waals surface area contributed by atoms with E-state index in [4.69, 9.17) is 19.3 Å². The van der Waals surface area contributed by atoms with Crippen LogP contribution in [0.4, 0.5) is 4.39 Å². The second-order valence-electron chi connectivity index (χ2n) is 8.07. The zero-order valence-corrected chi connectivity index (χ0v) is 16.2. The van der Waals surface area contributed by atoms with Crippen LogP contribution in [0.2, 0.25) is 0 Å². The van der Waals surface area contributed by atoms with Crippen LogP contribution in [0.25, 0.3) is 0 Å². The average Bonchev–Trinajstić information content (AvgIpc) is 2.73. The van der Waals surface area contributed by atoms with E-state index in [-0.39, 0.29) is 17.8 Å². The van der Waals surface area contributed by atoms with Crippen LogP contribution < -0.4 is 4.74 Å². The molecule has 2 heterocycles. The van der Waals surface area contributed by atoms with Crippen molar-refractivity contribution in [2.75, 3.05) is 19.8 Å². The Bertz CT molecular complexity index is 842. The molecule has 3 aliphatic rings. The normalized spacial score (nSPS) is 25.7. The first kappa shape index (κ1) is 19.9. The Morgan fingerprint density at radius 3 is 2.48 bits per heavy atom. The zero-order chi connectivity index (χ0) is 20.3. The van der Waals surface area contributed by atoms with Crippen LogP contribution in [0.5, 0.6) is 11.5 Å². The molecule has 1 aliphatic carbocycles. The first-order valence-electron chi connectivity index (χ1n) is 9.96. The van der Waals surface area contributed by atoms with Crippen molar-refractivity contribution < 1.29 is 28.5 Å². The summed E-state index contributed by atoms with van der Waals surface area (Å²) in [4.78, 5) is 10.6. The number of para-hydroxylation sites is 1. The number of carboxylic acids is 1. The van der Waals surface area contributed by atoms with E-state index < -0.39 is 11.6 Å². The highest BCUT2D eigenvalue weighted by molar-refractivity contribution is 5.67. The summed E-state index contributed by atoms with van der Waals surface area (Å²) in [5.74, 6) is -0.163. The Balaban J connectivity index is 1.44. The molecule has 3 fully saturated rings. The standard InChI is InChI=1S/C23H25FO5/c24-18-12-17(13-20(14-18)29-19-4-2-1-3-5-19)23-8-6-22(7-9-23,16-28-23)10-11-27-15-21(25)26/h1-5,12-14H,6-11,15-16H2,(H,25,26). The van der Waals surface area contributed by atoms with E-state index >= 15 is 0 Å². The van der Waals surface area contributed by atoms with Crippen molar-refractivity contribution in [2.45, 2.75) is 37.7 Å². The molecule has 1 saturated carbocycles. The van der Waals surface area contributed by atoms with Gasteiger partial charge in [0.15, 0.2) is 0 Å². The average molecular weight is 400 g/mol. The fourth-order valence-electron chi connectivity index (χ4n) is 4.42. The largest absolute Gasteiger partial charge is 0.480 e. The van der Waals surface area contributed by atoms with Gasteiger partial charge in [-0.05, 0) is 67.3 Å². The molecular formula is C23H25FO5. The summed E-state index contributed by atoms with van der Waals surface area (Å²) >= 11 is 0. The highest BCUT2D eigenvalue weighted by Crippen LogP contribution is 2.55. The Morgan fingerprint density at radius 2 is 1.83 bits per heavy atom. The number of fused-ring (bicyclic) bond motifs is 3. The number of hydrogen-bond acceptors (Lipinski definition) is 4. The molecule has 0 atom stereocenters. The van der Waals surface area contributed by atoms with Crippen LogP contribution >= 0.6 is 0 Å². The fraction of sp³-hybridized carbons (Fsp3) is 0.435. The first-order valence-corrected chi connectivity index (χ1v) is 9.96. The van der Waals surface area contributed by atoms with E-state index in [0.29, 0.717) is 24.7 Å². The van der Waals surface area contributed by atoms with Gasteiger partial charge in [0.25, 0.3) is 0 Å². The molecule has 2 aliphatic heterocycles. The molecule has 2 aromatic carbocycles. The number of rotatable bonds is 8. The predicted molar refractivity (Wildman–Crippen MR) is 105 cm³/mol.